The fourth-order valence-corrected chi connectivity index (χ4v) is 4.39. The van der Waals surface area contributed by atoms with Crippen molar-refractivity contribution in [3.63, 3.8) is 0 Å². The molecule has 4 saturated heterocycles. The molecule has 5 fully saturated rings. The lowest BCUT2D eigenvalue weighted by Crippen LogP contribution is -2.71. The van der Waals surface area contributed by atoms with Gasteiger partial charge >= 0.3 is 0 Å². The molecule has 2 N–H and O–H groups in total. The molecule has 0 spiro atoms. The van der Waals surface area contributed by atoms with Gasteiger partial charge in [-0.2, -0.15) is 4.98 Å². The fraction of sp³-hybridized carbons (Fsp3) is 0.529. The molecule has 2 atom stereocenters. The summed E-state index contributed by atoms with van der Waals surface area (Å²) < 4.78 is 20.8. The van der Waals surface area contributed by atoms with E-state index >= 15 is 4.39 Å². The molecule has 6 heterocycles. The average Bonchev–Trinajstić information content (AvgIpc) is 3.20. The second kappa shape index (κ2) is 5.00. The van der Waals surface area contributed by atoms with E-state index in [1.807, 2.05) is 4.90 Å². The van der Waals surface area contributed by atoms with Crippen molar-refractivity contribution in [3.05, 3.63) is 18.2 Å². The quantitative estimate of drug-likeness (QED) is 0.866. The molecule has 8 nitrogen and oxygen atoms in total. The van der Waals surface area contributed by atoms with Crippen LogP contribution in [0.15, 0.2) is 12.4 Å². The third kappa shape index (κ3) is 1.91. The molecule has 7 rings (SSSR count). The Bertz CT molecular complexity index is 885. The monoisotopic (exact) mass is 355 g/mol. The molecule has 2 aromatic rings. The van der Waals surface area contributed by atoms with E-state index in [2.05, 4.69) is 24.8 Å². The van der Waals surface area contributed by atoms with E-state index < -0.39 is 5.82 Å². The van der Waals surface area contributed by atoms with Crippen LogP contribution in [0.4, 0.5) is 22.1 Å². The zero-order valence-corrected chi connectivity index (χ0v) is 14.0. The highest BCUT2D eigenvalue weighted by Gasteiger charge is 2.50. The average molecular weight is 355 g/mol. The molecule has 2 aromatic heterocycles. The second-order valence-corrected chi connectivity index (χ2v) is 7.57. The number of aromatic nitrogens is 4. The van der Waals surface area contributed by atoms with E-state index in [1.54, 1.807) is 0 Å². The van der Waals surface area contributed by atoms with E-state index in [-0.39, 0.29) is 23.8 Å². The molecule has 1 aliphatic carbocycles. The van der Waals surface area contributed by atoms with Crippen molar-refractivity contribution < 1.29 is 9.13 Å². The van der Waals surface area contributed by atoms with E-state index in [4.69, 9.17) is 10.5 Å². The second-order valence-electron chi connectivity index (χ2n) is 7.57. The lowest BCUT2D eigenvalue weighted by Gasteiger charge is -2.55. The Balaban J connectivity index is 1.46. The normalized spacial score (nSPS) is 31.1. The maximum atomic E-state index is 15.3. The number of halogens is 1. The Morgan fingerprint density at radius 3 is 2.50 bits per heavy atom. The molecule has 9 heteroatoms. The van der Waals surface area contributed by atoms with Crippen LogP contribution in [0.5, 0.6) is 0 Å². The summed E-state index contributed by atoms with van der Waals surface area (Å²) in [6.45, 7) is 2.24. The first-order valence-electron chi connectivity index (χ1n) is 8.97. The third-order valence-corrected chi connectivity index (χ3v) is 6.09. The summed E-state index contributed by atoms with van der Waals surface area (Å²) in [7, 11) is 0. The Hall–Kier alpha value is -2.55. The number of hydrogen-bond donors (Lipinski definition) is 1. The minimum atomic E-state index is -0.431. The number of nitrogens with zero attached hydrogens (tertiary/aromatic N) is 6. The van der Waals surface area contributed by atoms with Crippen LogP contribution in [0.2, 0.25) is 0 Å². The van der Waals surface area contributed by atoms with Gasteiger partial charge in [-0.25, -0.2) is 19.3 Å². The van der Waals surface area contributed by atoms with Crippen molar-refractivity contribution in [1.29, 1.82) is 0 Å². The van der Waals surface area contributed by atoms with Gasteiger partial charge in [0, 0.05) is 37.1 Å². The minimum absolute atomic E-state index is 0.154. The lowest BCUT2D eigenvalue weighted by molar-refractivity contribution is -0.113. The van der Waals surface area contributed by atoms with Gasteiger partial charge in [-0.05, 0) is 18.8 Å². The first kappa shape index (κ1) is 14.6. The minimum Gasteiger partial charge on any atom is -0.372 e. The van der Waals surface area contributed by atoms with Crippen molar-refractivity contribution in [3.8, 4) is 11.3 Å². The van der Waals surface area contributed by atoms with Crippen molar-refractivity contribution in [2.24, 2.45) is 5.92 Å². The van der Waals surface area contributed by atoms with Gasteiger partial charge in [0.1, 0.15) is 5.69 Å². The van der Waals surface area contributed by atoms with Crippen LogP contribution in [0.3, 0.4) is 0 Å². The molecule has 0 amide bonds. The molecule has 0 radical (unpaired) electrons. The highest BCUT2D eigenvalue weighted by molar-refractivity contribution is 5.67. The van der Waals surface area contributed by atoms with Crippen molar-refractivity contribution in [2.75, 3.05) is 35.2 Å². The number of morpholine rings is 1. The standard InChI is InChI=1S/C17H18FN7O/c18-13-14(9-3-20-16(19)21-4-9)22-17(24-5-8-1-10(24)2-8)23-15(13)25-6-12-11(25)7-26-12/h3-4,8,10-12H,1-2,5-7H2,(H2,19,20,21)/t8?,10?,11-,12?/m1/s1. The zero-order valence-electron chi connectivity index (χ0n) is 14.0. The van der Waals surface area contributed by atoms with Gasteiger partial charge in [-0.3, -0.25) is 0 Å². The van der Waals surface area contributed by atoms with Gasteiger partial charge in [-0.15, -0.1) is 0 Å². The van der Waals surface area contributed by atoms with Crippen LogP contribution < -0.4 is 15.5 Å². The van der Waals surface area contributed by atoms with Crippen LogP contribution in [0, 0.1) is 11.7 Å². The fourth-order valence-electron chi connectivity index (χ4n) is 4.39. The molecular weight excluding hydrogens is 337 g/mol. The molecule has 0 aromatic carbocycles. The summed E-state index contributed by atoms with van der Waals surface area (Å²) in [5.41, 5.74) is 6.31. The molecule has 5 aliphatic rings. The van der Waals surface area contributed by atoms with E-state index in [0.29, 0.717) is 42.4 Å². The maximum absolute atomic E-state index is 15.3. The molecular formula is C17H18FN7O. The van der Waals surface area contributed by atoms with Crippen molar-refractivity contribution >= 4 is 17.7 Å². The van der Waals surface area contributed by atoms with Crippen LogP contribution in [0.25, 0.3) is 11.3 Å². The zero-order chi connectivity index (χ0) is 17.4. The number of nitrogen functional groups attached to an aromatic ring is 1. The molecule has 26 heavy (non-hydrogen) atoms. The van der Waals surface area contributed by atoms with Crippen LogP contribution >= 0.6 is 0 Å². The highest BCUT2D eigenvalue weighted by atomic mass is 19.1. The van der Waals surface area contributed by atoms with Gasteiger partial charge in [0.25, 0.3) is 0 Å². The molecule has 4 aliphatic heterocycles. The third-order valence-electron chi connectivity index (χ3n) is 6.09. The molecule has 134 valence electrons. The number of fused-ring (bicyclic) bond motifs is 2. The van der Waals surface area contributed by atoms with Crippen LogP contribution in [0.1, 0.15) is 12.8 Å². The number of anilines is 3. The van der Waals surface area contributed by atoms with Gasteiger partial charge in [-0.1, -0.05) is 0 Å². The molecule has 1 saturated carbocycles. The number of ether oxygens (including phenoxy) is 1. The largest absolute Gasteiger partial charge is 0.372 e. The SMILES string of the molecule is Nc1ncc(-c2nc(N3CC4CC3C4)nc(N3CC4OC[C@H]43)c2F)cn1. The van der Waals surface area contributed by atoms with Gasteiger partial charge in [0.05, 0.1) is 18.8 Å². The number of nitrogens with two attached hydrogens (primary N) is 1. The number of rotatable bonds is 3. The predicted octanol–water partition coefficient (Wildman–Crippen LogP) is 0.841. The van der Waals surface area contributed by atoms with Gasteiger partial charge in [0.15, 0.2) is 11.6 Å². The Kier molecular flexibility index (Phi) is 2.81. The molecule has 2 bridgehead atoms. The van der Waals surface area contributed by atoms with Gasteiger partial charge in [0.2, 0.25) is 11.9 Å². The Morgan fingerprint density at radius 2 is 1.92 bits per heavy atom. The summed E-state index contributed by atoms with van der Waals surface area (Å²) in [5, 5.41) is 0. The van der Waals surface area contributed by atoms with Gasteiger partial charge < -0.3 is 20.3 Å². The Morgan fingerprint density at radius 1 is 1.12 bits per heavy atom. The summed E-state index contributed by atoms with van der Waals surface area (Å²) >= 11 is 0. The smallest absolute Gasteiger partial charge is 0.228 e. The summed E-state index contributed by atoms with van der Waals surface area (Å²) in [4.78, 5) is 21.3. The van der Waals surface area contributed by atoms with E-state index in [1.165, 1.54) is 25.2 Å². The predicted molar refractivity (Wildman–Crippen MR) is 92.2 cm³/mol. The number of hydrogen-bond acceptors (Lipinski definition) is 8. The molecule has 1 unspecified atom stereocenters. The highest BCUT2D eigenvalue weighted by Crippen LogP contribution is 2.44. The first-order chi connectivity index (χ1) is 12.7. The van der Waals surface area contributed by atoms with Crippen molar-refractivity contribution in [2.45, 2.75) is 31.0 Å². The van der Waals surface area contributed by atoms with E-state index in [0.717, 1.165) is 6.54 Å². The topological polar surface area (TPSA) is 93.3 Å². The lowest BCUT2D eigenvalue weighted by atomic mass is 9.86. The van der Waals surface area contributed by atoms with E-state index in [9.17, 15) is 0 Å². The van der Waals surface area contributed by atoms with Crippen LogP contribution in [-0.4, -0.2) is 57.8 Å². The first-order valence-corrected chi connectivity index (χ1v) is 8.97. The van der Waals surface area contributed by atoms with Crippen LogP contribution in [-0.2, 0) is 4.74 Å². The van der Waals surface area contributed by atoms with Crippen molar-refractivity contribution in [1.82, 2.24) is 19.9 Å². The Labute approximate surface area is 149 Å². The summed E-state index contributed by atoms with van der Waals surface area (Å²) in [6.07, 6.45) is 5.58. The summed E-state index contributed by atoms with van der Waals surface area (Å²) in [6, 6.07) is 0.694. The maximum Gasteiger partial charge on any atom is 0.228 e. The summed E-state index contributed by atoms with van der Waals surface area (Å²) in [5.74, 6) is 1.39.